The Kier molecular flexibility index (Phi) is 6.43. The normalized spacial score (nSPS) is 13.6. The van der Waals surface area contributed by atoms with E-state index in [2.05, 4.69) is 193 Å². The third-order valence-corrected chi connectivity index (χ3v) is 11.9. The predicted molar refractivity (Wildman–Crippen MR) is 231 cm³/mol. The number of fused-ring (bicyclic) bond motifs is 14. The number of hydrogen-bond donors (Lipinski definition) is 0. The van der Waals surface area contributed by atoms with Crippen molar-refractivity contribution < 1.29 is 4.42 Å². The lowest BCUT2D eigenvalue weighted by Crippen LogP contribution is -2.11. The van der Waals surface area contributed by atoms with Crippen LogP contribution in [0.25, 0.3) is 76.2 Å². The third-order valence-electron chi connectivity index (χ3n) is 11.9. The molecule has 0 radical (unpaired) electrons. The summed E-state index contributed by atoms with van der Waals surface area (Å²) in [5.41, 5.74) is 11.5. The van der Waals surface area contributed by atoms with Crippen molar-refractivity contribution in [1.82, 2.24) is 0 Å². The van der Waals surface area contributed by atoms with Crippen molar-refractivity contribution in [3.05, 3.63) is 211 Å². The summed E-state index contributed by atoms with van der Waals surface area (Å²) < 4.78 is 6.63. The number of nitrogens with zero attached hydrogens (tertiary/aromatic N) is 1. The maximum atomic E-state index is 6.63. The standard InChI is InChI=1S/C53H33NO/c1-2-16-35(17-3-1)54(49-26-13-25-44-41-23-10-11-27-50(41)55-53(44)49)36-18-12-15-34(30-36)51-42-24-9-8-22-40(42)46-31-45-39-21-7-6-20-38(39)43-29-28-33-14-4-5-19-37(33)52(43)48(45)32-47(46)51/h1-32,51H. The molecule has 1 aliphatic carbocycles. The van der Waals surface area contributed by atoms with Crippen LogP contribution in [0.3, 0.4) is 0 Å². The van der Waals surface area contributed by atoms with Crippen LogP contribution in [-0.2, 0) is 0 Å². The molecule has 0 amide bonds. The van der Waals surface area contributed by atoms with E-state index in [-0.39, 0.29) is 5.92 Å². The monoisotopic (exact) mass is 699 g/mol. The van der Waals surface area contributed by atoms with Crippen molar-refractivity contribution >= 4 is 82.1 Å². The molecule has 0 spiro atoms. The van der Waals surface area contributed by atoms with E-state index in [0.717, 1.165) is 39.0 Å². The van der Waals surface area contributed by atoms with E-state index >= 15 is 0 Å². The van der Waals surface area contributed by atoms with E-state index in [0.29, 0.717) is 0 Å². The summed E-state index contributed by atoms with van der Waals surface area (Å²) in [5, 5.41) is 12.6. The largest absolute Gasteiger partial charge is 0.454 e. The molecule has 55 heavy (non-hydrogen) atoms. The van der Waals surface area contributed by atoms with Crippen molar-refractivity contribution in [3.63, 3.8) is 0 Å². The van der Waals surface area contributed by atoms with E-state index in [1.165, 1.54) is 70.9 Å². The zero-order valence-corrected chi connectivity index (χ0v) is 29.9. The Labute approximate surface area is 318 Å². The lowest BCUT2D eigenvalue weighted by Gasteiger charge is -2.27. The van der Waals surface area contributed by atoms with Crippen LogP contribution in [-0.4, -0.2) is 0 Å². The molecule has 0 aliphatic heterocycles. The van der Waals surface area contributed by atoms with Gasteiger partial charge in [0.25, 0.3) is 0 Å². The molecule has 0 fully saturated rings. The van der Waals surface area contributed by atoms with Gasteiger partial charge in [-0.25, -0.2) is 0 Å². The summed E-state index contributed by atoms with van der Waals surface area (Å²) in [6.07, 6.45) is 0. The fourth-order valence-electron chi connectivity index (χ4n) is 9.53. The van der Waals surface area contributed by atoms with Crippen LogP contribution in [0.5, 0.6) is 0 Å². The summed E-state index contributed by atoms with van der Waals surface area (Å²) in [6.45, 7) is 0. The SMILES string of the molecule is c1ccc(N(c2cccc(C3c4ccccc4-c4cc5c6ccccc6c6ccc7ccccc7c6c5cc43)c2)c2cccc3c2oc2ccccc23)cc1. The molecule has 1 aromatic heterocycles. The second kappa shape index (κ2) is 11.7. The van der Waals surface area contributed by atoms with Gasteiger partial charge < -0.3 is 9.32 Å². The minimum atomic E-state index is 0.0617. The van der Waals surface area contributed by atoms with Gasteiger partial charge in [-0.3, -0.25) is 0 Å². The van der Waals surface area contributed by atoms with Gasteiger partial charge in [0.05, 0.1) is 5.69 Å². The van der Waals surface area contributed by atoms with Crippen LogP contribution in [0.2, 0.25) is 0 Å². The smallest absolute Gasteiger partial charge is 0.159 e. The van der Waals surface area contributed by atoms with Crippen LogP contribution >= 0.6 is 0 Å². The van der Waals surface area contributed by atoms with Crippen LogP contribution < -0.4 is 4.90 Å². The molecular weight excluding hydrogens is 667 g/mol. The first-order chi connectivity index (χ1) is 27.3. The number of benzene rings is 10. The van der Waals surface area contributed by atoms with Crippen molar-refractivity contribution in [1.29, 1.82) is 0 Å². The van der Waals surface area contributed by atoms with Gasteiger partial charge in [0, 0.05) is 28.1 Å². The Morgan fingerprint density at radius 1 is 0.382 bits per heavy atom. The molecule has 0 saturated carbocycles. The molecule has 0 N–H and O–H groups in total. The van der Waals surface area contributed by atoms with Gasteiger partial charge in [0.2, 0.25) is 0 Å². The van der Waals surface area contributed by atoms with E-state index in [4.69, 9.17) is 4.42 Å². The van der Waals surface area contributed by atoms with Crippen LogP contribution in [0.4, 0.5) is 17.1 Å². The van der Waals surface area contributed by atoms with Gasteiger partial charge in [-0.2, -0.15) is 0 Å². The summed E-state index contributed by atoms with van der Waals surface area (Å²) in [7, 11) is 0. The number of rotatable bonds is 4. The average Bonchev–Trinajstić information content (AvgIpc) is 3.79. The molecule has 12 rings (SSSR count). The molecule has 1 heterocycles. The molecule has 2 heteroatoms. The van der Waals surface area contributed by atoms with E-state index in [1.807, 2.05) is 6.07 Å². The molecule has 1 unspecified atom stereocenters. The molecule has 1 aliphatic rings. The molecular formula is C53H33NO. The summed E-state index contributed by atoms with van der Waals surface area (Å²) in [5.74, 6) is 0.0617. The zero-order valence-electron chi connectivity index (χ0n) is 29.9. The minimum Gasteiger partial charge on any atom is -0.454 e. The van der Waals surface area contributed by atoms with Crippen LogP contribution in [0.15, 0.2) is 199 Å². The first-order valence-corrected chi connectivity index (χ1v) is 19.0. The highest BCUT2D eigenvalue weighted by molar-refractivity contribution is 6.32. The highest BCUT2D eigenvalue weighted by Gasteiger charge is 2.32. The van der Waals surface area contributed by atoms with Gasteiger partial charge in [-0.05, 0) is 119 Å². The maximum absolute atomic E-state index is 6.63. The molecule has 1 atom stereocenters. The second-order valence-corrected chi connectivity index (χ2v) is 14.8. The minimum absolute atomic E-state index is 0.0617. The molecule has 0 bridgehead atoms. The Hall–Kier alpha value is -7.16. The average molecular weight is 700 g/mol. The van der Waals surface area contributed by atoms with Gasteiger partial charge >= 0.3 is 0 Å². The number of furan rings is 1. The molecule has 2 nitrogen and oxygen atoms in total. The lowest BCUT2D eigenvalue weighted by molar-refractivity contribution is 0.669. The van der Waals surface area contributed by atoms with Crippen molar-refractivity contribution in [2.75, 3.05) is 4.90 Å². The summed E-state index contributed by atoms with van der Waals surface area (Å²) >= 11 is 0. The molecule has 10 aromatic carbocycles. The van der Waals surface area contributed by atoms with Gasteiger partial charge in [-0.1, -0.05) is 146 Å². The Balaban J connectivity index is 1.11. The topological polar surface area (TPSA) is 16.4 Å². The van der Waals surface area contributed by atoms with Gasteiger partial charge in [-0.15, -0.1) is 0 Å². The molecule has 256 valence electrons. The Bertz CT molecular complexity index is 3340. The second-order valence-electron chi connectivity index (χ2n) is 14.8. The number of anilines is 3. The fourth-order valence-corrected chi connectivity index (χ4v) is 9.53. The van der Waals surface area contributed by atoms with E-state index < -0.39 is 0 Å². The van der Waals surface area contributed by atoms with Crippen LogP contribution in [0.1, 0.15) is 22.6 Å². The zero-order chi connectivity index (χ0) is 36.0. The first kappa shape index (κ1) is 30.3. The quantitative estimate of drug-likeness (QED) is 0.170. The summed E-state index contributed by atoms with van der Waals surface area (Å²) in [4.78, 5) is 2.35. The summed E-state index contributed by atoms with van der Waals surface area (Å²) in [6, 6.07) is 71.0. The Morgan fingerprint density at radius 3 is 1.96 bits per heavy atom. The first-order valence-electron chi connectivity index (χ1n) is 19.0. The maximum Gasteiger partial charge on any atom is 0.159 e. The van der Waals surface area contributed by atoms with Gasteiger partial charge in [0.15, 0.2) is 5.58 Å². The van der Waals surface area contributed by atoms with Crippen molar-refractivity contribution in [2.45, 2.75) is 5.92 Å². The Morgan fingerprint density at radius 2 is 1.07 bits per heavy atom. The van der Waals surface area contributed by atoms with E-state index in [9.17, 15) is 0 Å². The predicted octanol–water partition coefficient (Wildman–Crippen LogP) is 14.8. The van der Waals surface area contributed by atoms with Crippen molar-refractivity contribution in [2.24, 2.45) is 0 Å². The number of para-hydroxylation sites is 3. The highest BCUT2D eigenvalue weighted by Crippen LogP contribution is 2.52. The third kappa shape index (κ3) is 4.43. The fraction of sp³-hybridized carbons (Fsp3) is 0.0189. The number of hydrogen-bond acceptors (Lipinski definition) is 2. The molecule has 11 aromatic rings. The van der Waals surface area contributed by atoms with E-state index in [1.54, 1.807) is 0 Å². The lowest BCUT2D eigenvalue weighted by atomic mass is 9.85. The van der Waals surface area contributed by atoms with Gasteiger partial charge in [0.1, 0.15) is 5.58 Å². The highest BCUT2D eigenvalue weighted by atomic mass is 16.3. The van der Waals surface area contributed by atoms with Crippen molar-refractivity contribution in [3.8, 4) is 11.1 Å². The molecule has 0 saturated heterocycles. The van der Waals surface area contributed by atoms with Crippen LogP contribution in [0, 0.1) is 0 Å².